The van der Waals surface area contributed by atoms with Crippen molar-refractivity contribution < 1.29 is 14.4 Å². The smallest absolute Gasteiger partial charge is 0.294 e. The van der Waals surface area contributed by atoms with Gasteiger partial charge in [-0.25, -0.2) is 0 Å². The summed E-state index contributed by atoms with van der Waals surface area (Å²) in [5, 5.41) is 2.31. The molecule has 178 valence electrons. The van der Waals surface area contributed by atoms with Gasteiger partial charge in [-0.3, -0.25) is 19.3 Å². The van der Waals surface area contributed by atoms with Crippen LogP contribution in [0.1, 0.15) is 56.7 Å². The van der Waals surface area contributed by atoms with Gasteiger partial charge in [0.25, 0.3) is 11.1 Å². The summed E-state index contributed by atoms with van der Waals surface area (Å²) in [6.07, 6.45) is 2.80. The molecule has 0 bridgehead atoms. The fourth-order valence-electron chi connectivity index (χ4n) is 4.97. The Kier molecular flexibility index (Phi) is 6.58. The van der Waals surface area contributed by atoms with Gasteiger partial charge in [0, 0.05) is 23.5 Å². The molecule has 2 aliphatic heterocycles. The number of hydrogen-bond donors (Lipinski definition) is 1. The van der Waals surface area contributed by atoms with E-state index >= 15 is 0 Å². The monoisotopic (exact) mass is 477 g/mol. The minimum absolute atomic E-state index is 0.0878. The third kappa shape index (κ3) is 4.75. The molecular formula is C27H31N3O3S. The van der Waals surface area contributed by atoms with Crippen molar-refractivity contribution in [2.45, 2.75) is 52.5 Å². The van der Waals surface area contributed by atoms with E-state index in [-0.39, 0.29) is 12.1 Å². The summed E-state index contributed by atoms with van der Waals surface area (Å²) in [4.78, 5) is 41.6. The lowest BCUT2D eigenvalue weighted by molar-refractivity contribution is -0.127. The van der Waals surface area contributed by atoms with E-state index < -0.39 is 17.1 Å². The molecule has 34 heavy (non-hydrogen) atoms. The molecule has 1 fully saturated rings. The number of anilines is 2. The van der Waals surface area contributed by atoms with E-state index in [1.165, 1.54) is 11.3 Å². The summed E-state index contributed by atoms with van der Waals surface area (Å²) in [7, 11) is 0. The van der Waals surface area contributed by atoms with Gasteiger partial charge < -0.3 is 10.2 Å². The fourth-order valence-corrected chi connectivity index (χ4v) is 5.80. The molecule has 0 aliphatic carbocycles. The second-order valence-corrected chi connectivity index (χ2v) is 10.7. The van der Waals surface area contributed by atoms with Gasteiger partial charge in [-0.15, -0.1) is 0 Å². The third-order valence-corrected chi connectivity index (χ3v) is 7.44. The Morgan fingerprint density at radius 1 is 1.18 bits per heavy atom. The number of rotatable bonds is 5. The van der Waals surface area contributed by atoms with Gasteiger partial charge in [0.2, 0.25) is 5.91 Å². The fraction of sp³-hybridized carbons (Fsp3) is 0.370. The summed E-state index contributed by atoms with van der Waals surface area (Å²) in [6.45, 7) is 11.5. The number of amides is 3. The van der Waals surface area contributed by atoms with E-state index in [1.54, 1.807) is 18.2 Å². The highest BCUT2D eigenvalue weighted by Crippen LogP contribution is 2.44. The van der Waals surface area contributed by atoms with Crippen LogP contribution >= 0.6 is 11.8 Å². The summed E-state index contributed by atoms with van der Waals surface area (Å²) < 4.78 is 0. The lowest BCUT2D eigenvalue weighted by Gasteiger charge is -2.47. The highest BCUT2D eigenvalue weighted by molar-refractivity contribution is 8.18. The Balaban J connectivity index is 1.50. The van der Waals surface area contributed by atoms with Crippen LogP contribution in [0.25, 0.3) is 6.08 Å². The molecule has 2 aromatic rings. The maximum atomic E-state index is 12.9. The number of carbonyl (C=O) groups excluding carboxylic acids is 3. The lowest BCUT2D eigenvalue weighted by Crippen LogP contribution is -2.48. The van der Waals surface area contributed by atoms with E-state index in [1.807, 2.05) is 25.1 Å². The molecule has 2 aromatic carbocycles. The van der Waals surface area contributed by atoms with Crippen molar-refractivity contribution in [2.24, 2.45) is 0 Å². The highest BCUT2D eigenvalue weighted by atomic mass is 32.2. The van der Waals surface area contributed by atoms with Crippen LogP contribution in [0.2, 0.25) is 0 Å². The van der Waals surface area contributed by atoms with Gasteiger partial charge in [-0.2, -0.15) is 0 Å². The molecule has 0 spiro atoms. The zero-order valence-corrected chi connectivity index (χ0v) is 21.2. The number of fused-ring (bicyclic) bond motifs is 1. The Labute approximate surface area is 205 Å². The molecular weight excluding hydrogens is 446 g/mol. The largest absolute Gasteiger partial charge is 0.366 e. The number of carbonyl (C=O) groups is 3. The van der Waals surface area contributed by atoms with E-state index in [0.29, 0.717) is 16.5 Å². The number of benzene rings is 2. The van der Waals surface area contributed by atoms with Gasteiger partial charge in [-0.1, -0.05) is 30.7 Å². The van der Waals surface area contributed by atoms with Crippen LogP contribution in [-0.2, 0) is 9.59 Å². The van der Waals surface area contributed by atoms with Crippen LogP contribution < -0.4 is 10.2 Å². The highest BCUT2D eigenvalue weighted by Gasteiger charge is 2.37. The number of nitrogens with one attached hydrogen (secondary N) is 1. The number of aryl methyl sites for hydroxylation is 1. The molecule has 2 heterocycles. The minimum Gasteiger partial charge on any atom is -0.366 e. The van der Waals surface area contributed by atoms with Gasteiger partial charge in [0.05, 0.1) is 4.91 Å². The van der Waals surface area contributed by atoms with Gasteiger partial charge in [0.1, 0.15) is 6.54 Å². The summed E-state index contributed by atoms with van der Waals surface area (Å²) in [6, 6.07) is 13.6. The maximum absolute atomic E-state index is 12.9. The van der Waals surface area contributed by atoms with Crippen LogP contribution in [0.5, 0.6) is 0 Å². The zero-order valence-electron chi connectivity index (χ0n) is 20.3. The van der Waals surface area contributed by atoms with E-state index in [2.05, 4.69) is 50.0 Å². The maximum Gasteiger partial charge on any atom is 0.294 e. The molecule has 3 amide bonds. The predicted octanol–water partition coefficient (Wildman–Crippen LogP) is 5.78. The van der Waals surface area contributed by atoms with Crippen molar-refractivity contribution in [3.05, 3.63) is 64.1 Å². The van der Waals surface area contributed by atoms with E-state index in [4.69, 9.17) is 0 Å². The summed E-state index contributed by atoms with van der Waals surface area (Å²) in [5.74, 6) is -0.449. The average Bonchev–Trinajstić information content (AvgIpc) is 3.02. The molecule has 2 aliphatic rings. The number of thioether (sulfide) groups is 1. The molecule has 1 atom stereocenters. The summed E-state index contributed by atoms with van der Waals surface area (Å²) in [5.41, 5.74) is 5.17. The molecule has 0 radical (unpaired) electrons. The Hall–Kier alpha value is -3.06. The normalized spacial score (nSPS) is 20.6. The number of hydrogen-bond acceptors (Lipinski definition) is 5. The first-order valence-corrected chi connectivity index (χ1v) is 12.4. The van der Waals surface area contributed by atoms with E-state index in [0.717, 1.165) is 40.8 Å². The quantitative estimate of drug-likeness (QED) is 0.553. The third-order valence-electron chi connectivity index (χ3n) is 6.53. The molecule has 1 unspecified atom stereocenters. The molecule has 7 heteroatoms. The van der Waals surface area contributed by atoms with Crippen molar-refractivity contribution in [2.75, 3.05) is 23.3 Å². The SMILES string of the molecule is CCN1c2ccc(/C=C3\SC(=O)N(CC(=O)Nc4ccc(C)cc4)C3=O)cc2C(C)CC1(C)C. The van der Waals surface area contributed by atoms with Crippen LogP contribution in [-0.4, -0.2) is 40.6 Å². The Morgan fingerprint density at radius 2 is 1.88 bits per heavy atom. The summed E-state index contributed by atoms with van der Waals surface area (Å²) >= 11 is 0.878. The van der Waals surface area contributed by atoms with Crippen molar-refractivity contribution in [1.29, 1.82) is 0 Å². The van der Waals surface area contributed by atoms with Crippen molar-refractivity contribution in [1.82, 2.24) is 4.90 Å². The second kappa shape index (κ2) is 9.29. The topological polar surface area (TPSA) is 69.7 Å². The van der Waals surface area contributed by atoms with Crippen LogP contribution in [0, 0.1) is 6.92 Å². The van der Waals surface area contributed by atoms with Gasteiger partial charge in [0.15, 0.2) is 0 Å². The van der Waals surface area contributed by atoms with Crippen LogP contribution in [0.15, 0.2) is 47.4 Å². The minimum atomic E-state index is -0.434. The zero-order chi connectivity index (χ0) is 24.6. The van der Waals surface area contributed by atoms with Crippen molar-refractivity contribution >= 4 is 46.3 Å². The van der Waals surface area contributed by atoms with Gasteiger partial charge in [-0.05, 0) is 93.3 Å². The first-order chi connectivity index (χ1) is 16.1. The molecule has 0 aromatic heterocycles. The standard InChI is InChI=1S/C27H31N3O3S/c1-6-30-22-12-9-19(13-21(22)18(3)15-27(30,4)5)14-23-25(32)29(26(33)34-23)16-24(31)28-20-10-7-17(2)8-11-20/h7-14,18H,6,15-16H2,1-5H3,(H,28,31)/b23-14-. The second-order valence-electron chi connectivity index (χ2n) is 9.66. The molecule has 1 N–H and O–H groups in total. The van der Waals surface area contributed by atoms with Crippen molar-refractivity contribution in [3.63, 3.8) is 0 Å². The molecule has 6 nitrogen and oxygen atoms in total. The first-order valence-electron chi connectivity index (χ1n) is 11.6. The average molecular weight is 478 g/mol. The predicted molar refractivity (Wildman–Crippen MR) is 139 cm³/mol. The lowest BCUT2D eigenvalue weighted by atomic mass is 9.79. The Morgan fingerprint density at radius 3 is 2.56 bits per heavy atom. The van der Waals surface area contributed by atoms with Crippen LogP contribution in [0.4, 0.5) is 16.2 Å². The molecule has 0 saturated carbocycles. The number of imide groups is 1. The van der Waals surface area contributed by atoms with E-state index in [9.17, 15) is 14.4 Å². The first kappa shape index (κ1) is 24.1. The van der Waals surface area contributed by atoms with Crippen molar-refractivity contribution in [3.8, 4) is 0 Å². The number of nitrogens with zero attached hydrogens (tertiary/aromatic N) is 2. The van der Waals surface area contributed by atoms with Crippen LogP contribution in [0.3, 0.4) is 0 Å². The van der Waals surface area contributed by atoms with Gasteiger partial charge >= 0.3 is 0 Å². The Bertz CT molecular complexity index is 1170. The molecule has 1 saturated heterocycles. The molecule has 4 rings (SSSR count).